The minimum atomic E-state index is -3.33. The smallest absolute Gasteiger partial charge is 0.241 e. The zero-order valence-electron chi connectivity index (χ0n) is 8.39. The molecular formula is C8H14N2O2S3. The first-order chi connectivity index (χ1) is 7.10. The average Bonchev–Trinajstić information content (AvgIpc) is 2.66. The highest BCUT2D eigenvalue weighted by atomic mass is 32.2. The van der Waals surface area contributed by atoms with Gasteiger partial charge in [-0.05, 0) is 12.3 Å². The molecule has 0 aliphatic heterocycles. The lowest BCUT2D eigenvalue weighted by molar-refractivity contribution is 0.584. The monoisotopic (exact) mass is 266 g/mol. The van der Waals surface area contributed by atoms with Crippen molar-refractivity contribution in [2.24, 2.45) is 5.73 Å². The van der Waals surface area contributed by atoms with E-state index in [1.807, 2.05) is 6.26 Å². The van der Waals surface area contributed by atoms with Gasteiger partial charge in [-0.1, -0.05) is 0 Å². The molecule has 0 atom stereocenters. The Hall–Kier alpha value is -0.0800. The Kier molecular flexibility index (Phi) is 5.07. The van der Waals surface area contributed by atoms with Crippen LogP contribution in [0.1, 0.15) is 4.88 Å². The number of hydrogen-bond acceptors (Lipinski definition) is 5. The quantitative estimate of drug-likeness (QED) is 0.749. The summed E-state index contributed by atoms with van der Waals surface area (Å²) in [6, 6.07) is 1.62. The van der Waals surface area contributed by atoms with Crippen molar-refractivity contribution < 1.29 is 8.42 Å². The van der Waals surface area contributed by atoms with Gasteiger partial charge >= 0.3 is 0 Å². The first kappa shape index (κ1) is 13.0. The summed E-state index contributed by atoms with van der Waals surface area (Å²) in [4.78, 5) is 1.19. The van der Waals surface area contributed by atoms with Crippen molar-refractivity contribution in [1.29, 1.82) is 0 Å². The third-order valence-corrected chi connectivity index (χ3v) is 4.90. The van der Waals surface area contributed by atoms with E-state index in [1.165, 1.54) is 11.3 Å². The van der Waals surface area contributed by atoms with E-state index < -0.39 is 10.0 Å². The lowest BCUT2D eigenvalue weighted by Crippen LogP contribution is -2.25. The van der Waals surface area contributed by atoms with Crippen LogP contribution in [0.2, 0.25) is 0 Å². The zero-order valence-corrected chi connectivity index (χ0v) is 10.8. The lowest BCUT2D eigenvalue weighted by atomic mass is 10.5. The SMILES string of the molecule is CSCCNS(=O)(=O)c1csc(CN)c1. The van der Waals surface area contributed by atoms with Crippen molar-refractivity contribution in [3.8, 4) is 0 Å². The van der Waals surface area contributed by atoms with E-state index in [2.05, 4.69) is 4.72 Å². The highest BCUT2D eigenvalue weighted by Gasteiger charge is 2.14. The molecule has 15 heavy (non-hydrogen) atoms. The summed E-state index contributed by atoms with van der Waals surface area (Å²) in [5.74, 6) is 0.771. The topological polar surface area (TPSA) is 72.2 Å². The van der Waals surface area contributed by atoms with Gasteiger partial charge in [-0.3, -0.25) is 0 Å². The summed E-state index contributed by atoms with van der Waals surface area (Å²) in [6.07, 6.45) is 1.94. The first-order valence-corrected chi connectivity index (χ1v) is 8.12. The van der Waals surface area contributed by atoms with Crippen LogP contribution in [0.15, 0.2) is 16.3 Å². The molecule has 3 N–H and O–H groups in total. The Labute approximate surface area is 98.3 Å². The Bertz CT molecular complexity index is 400. The summed E-state index contributed by atoms with van der Waals surface area (Å²) in [5.41, 5.74) is 5.42. The molecule has 86 valence electrons. The molecule has 0 radical (unpaired) electrons. The molecule has 0 aromatic carbocycles. The number of thioether (sulfide) groups is 1. The van der Waals surface area contributed by atoms with Crippen molar-refractivity contribution in [2.45, 2.75) is 11.4 Å². The number of sulfonamides is 1. The lowest BCUT2D eigenvalue weighted by Gasteiger charge is -2.02. The van der Waals surface area contributed by atoms with Crippen LogP contribution in [-0.4, -0.2) is 27.0 Å². The molecule has 1 heterocycles. The van der Waals surface area contributed by atoms with Gasteiger partial charge in [0.15, 0.2) is 0 Å². The van der Waals surface area contributed by atoms with E-state index in [0.29, 0.717) is 18.0 Å². The van der Waals surface area contributed by atoms with Crippen LogP contribution in [0.5, 0.6) is 0 Å². The second kappa shape index (κ2) is 5.86. The third kappa shape index (κ3) is 3.76. The number of nitrogens with two attached hydrogens (primary N) is 1. The van der Waals surface area contributed by atoms with E-state index >= 15 is 0 Å². The summed E-state index contributed by atoms with van der Waals surface area (Å²) >= 11 is 2.97. The molecule has 0 saturated heterocycles. The molecule has 0 aliphatic rings. The number of thiophene rings is 1. The molecule has 0 bridgehead atoms. The maximum atomic E-state index is 11.7. The minimum absolute atomic E-state index is 0.314. The van der Waals surface area contributed by atoms with E-state index in [9.17, 15) is 8.42 Å². The van der Waals surface area contributed by atoms with Crippen molar-refractivity contribution in [3.63, 3.8) is 0 Å². The van der Waals surface area contributed by atoms with Crippen LogP contribution in [0, 0.1) is 0 Å². The number of hydrogen-bond donors (Lipinski definition) is 2. The zero-order chi connectivity index (χ0) is 11.3. The van der Waals surface area contributed by atoms with Crippen molar-refractivity contribution >= 4 is 33.1 Å². The summed E-state index contributed by atoms with van der Waals surface area (Å²) in [7, 11) is -3.33. The van der Waals surface area contributed by atoms with Crippen LogP contribution in [0.4, 0.5) is 0 Å². The molecule has 0 amide bonds. The van der Waals surface area contributed by atoms with Crippen molar-refractivity contribution in [3.05, 3.63) is 16.3 Å². The largest absolute Gasteiger partial charge is 0.326 e. The van der Waals surface area contributed by atoms with E-state index in [0.717, 1.165) is 10.6 Å². The van der Waals surface area contributed by atoms with E-state index in [4.69, 9.17) is 5.73 Å². The second-order valence-electron chi connectivity index (χ2n) is 2.84. The van der Waals surface area contributed by atoms with E-state index in [1.54, 1.807) is 23.2 Å². The van der Waals surface area contributed by atoms with Gasteiger partial charge in [0.1, 0.15) is 0 Å². The fourth-order valence-corrected chi connectivity index (χ4v) is 3.59. The molecule has 0 saturated carbocycles. The fourth-order valence-electron chi connectivity index (χ4n) is 0.970. The Morgan fingerprint density at radius 2 is 2.33 bits per heavy atom. The van der Waals surface area contributed by atoms with Crippen LogP contribution in [-0.2, 0) is 16.6 Å². The van der Waals surface area contributed by atoms with Gasteiger partial charge in [-0.25, -0.2) is 13.1 Å². The molecule has 0 unspecified atom stereocenters. The molecule has 7 heteroatoms. The van der Waals surface area contributed by atoms with Crippen LogP contribution >= 0.6 is 23.1 Å². The molecule has 4 nitrogen and oxygen atoms in total. The van der Waals surface area contributed by atoms with Crippen LogP contribution in [0.3, 0.4) is 0 Å². The van der Waals surface area contributed by atoms with Gasteiger partial charge in [0.05, 0.1) is 4.90 Å². The van der Waals surface area contributed by atoms with Crippen molar-refractivity contribution in [2.75, 3.05) is 18.6 Å². The number of nitrogens with one attached hydrogen (secondary N) is 1. The third-order valence-electron chi connectivity index (χ3n) is 1.74. The van der Waals surface area contributed by atoms with Crippen molar-refractivity contribution in [1.82, 2.24) is 4.72 Å². The van der Waals surface area contributed by atoms with Gasteiger partial charge < -0.3 is 5.73 Å². The highest BCUT2D eigenvalue weighted by molar-refractivity contribution is 7.98. The molecule has 1 aromatic heterocycles. The Morgan fingerprint density at radius 3 is 2.87 bits per heavy atom. The fraction of sp³-hybridized carbons (Fsp3) is 0.500. The van der Waals surface area contributed by atoms with Gasteiger partial charge in [0.25, 0.3) is 0 Å². The predicted octanol–water partition coefficient (Wildman–Crippen LogP) is 0.848. The molecule has 1 aromatic rings. The molecular weight excluding hydrogens is 252 g/mol. The standard InChI is InChI=1S/C8H14N2O2S3/c1-13-3-2-10-15(11,12)8-4-7(5-9)14-6-8/h4,6,10H,2-3,5,9H2,1H3. The first-order valence-electron chi connectivity index (χ1n) is 4.36. The Balaban J connectivity index is 2.68. The van der Waals surface area contributed by atoms with Gasteiger partial charge in [0, 0.05) is 29.1 Å². The molecule has 0 fully saturated rings. The normalized spacial score (nSPS) is 11.9. The maximum absolute atomic E-state index is 11.7. The van der Waals surface area contributed by atoms with Gasteiger partial charge in [-0.2, -0.15) is 11.8 Å². The predicted molar refractivity (Wildman–Crippen MR) is 65.8 cm³/mol. The van der Waals surface area contributed by atoms with E-state index in [-0.39, 0.29) is 0 Å². The van der Waals surface area contributed by atoms with Gasteiger partial charge in [-0.15, -0.1) is 11.3 Å². The van der Waals surface area contributed by atoms with Crippen LogP contribution in [0.25, 0.3) is 0 Å². The van der Waals surface area contributed by atoms with Crippen LogP contribution < -0.4 is 10.5 Å². The summed E-state index contributed by atoms with van der Waals surface area (Å²) < 4.78 is 25.9. The second-order valence-corrected chi connectivity index (χ2v) is 6.59. The highest BCUT2D eigenvalue weighted by Crippen LogP contribution is 2.18. The molecule has 0 aliphatic carbocycles. The average molecular weight is 266 g/mol. The number of rotatable bonds is 6. The molecule has 1 rings (SSSR count). The minimum Gasteiger partial charge on any atom is -0.326 e. The molecule has 0 spiro atoms. The Morgan fingerprint density at radius 1 is 1.60 bits per heavy atom. The summed E-state index contributed by atoms with van der Waals surface area (Å²) in [6.45, 7) is 0.836. The van der Waals surface area contributed by atoms with Gasteiger partial charge in [0.2, 0.25) is 10.0 Å². The summed E-state index contributed by atoms with van der Waals surface area (Å²) in [5, 5.41) is 1.61. The maximum Gasteiger partial charge on any atom is 0.241 e.